The summed E-state index contributed by atoms with van der Waals surface area (Å²) in [4.78, 5) is 14.3. The fourth-order valence-electron chi connectivity index (χ4n) is 4.00. The number of likely N-dealkylation sites (tertiary alicyclic amines) is 1. The summed E-state index contributed by atoms with van der Waals surface area (Å²) in [6.45, 7) is 1.75. The van der Waals surface area contributed by atoms with E-state index in [2.05, 4.69) is 6.07 Å². The minimum absolute atomic E-state index is 0.0692. The van der Waals surface area contributed by atoms with Gasteiger partial charge in [-0.3, -0.25) is 4.79 Å². The highest BCUT2D eigenvalue weighted by Gasteiger charge is 2.42. The number of carbonyl (C=O) groups excluding carboxylic acids is 1. The molecule has 3 atom stereocenters. The molecule has 23 heavy (non-hydrogen) atoms. The molecule has 1 saturated carbocycles. The zero-order valence-corrected chi connectivity index (χ0v) is 13.2. The van der Waals surface area contributed by atoms with Crippen molar-refractivity contribution >= 4 is 16.7 Å². The van der Waals surface area contributed by atoms with Gasteiger partial charge in [-0.05, 0) is 47.6 Å². The molecule has 1 aliphatic carbocycles. The summed E-state index contributed by atoms with van der Waals surface area (Å²) in [6.07, 6.45) is 2.26. The molecule has 120 valence electrons. The number of ether oxygens (including phenoxy) is 1. The van der Waals surface area contributed by atoms with Gasteiger partial charge in [0.15, 0.2) is 6.61 Å². The maximum Gasteiger partial charge on any atom is 0.260 e. The van der Waals surface area contributed by atoms with E-state index in [0.29, 0.717) is 11.8 Å². The van der Waals surface area contributed by atoms with E-state index < -0.39 is 0 Å². The molecule has 4 heteroatoms. The summed E-state index contributed by atoms with van der Waals surface area (Å²) in [5.41, 5.74) is 6.13. The summed E-state index contributed by atoms with van der Waals surface area (Å²) in [7, 11) is 0. The van der Waals surface area contributed by atoms with Crippen molar-refractivity contribution in [1.82, 2.24) is 4.90 Å². The third-order valence-electron chi connectivity index (χ3n) is 5.35. The van der Waals surface area contributed by atoms with E-state index in [9.17, 15) is 4.79 Å². The minimum atomic E-state index is 0.0692. The number of rotatable bonds is 3. The standard InChI is InChI=1S/C19H22N2O2/c20-18-8-6-15-10-21(11-17(15)18)19(22)12-23-16-7-5-13-3-1-2-4-14(13)9-16/h1-5,7,9,15,17-18H,6,8,10-12,20H2. The van der Waals surface area contributed by atoms with Crippen LogP contribution >= 0.6 is 0 Å². The van der Waals surface area contributed by atoms with E-state index >= 15 is 0 Å². The van der Waals surface area contributed by atoms with Crippen LogP contribution in [0, 0.1) is 11.8 Å². The van der Waals surface area contributed by atoms with Crippen LogP contribution in [-0.2, 0) is 4.79 Å². The van der Waals surface area contributed by atoms with Gasteiger partial charge >= 0.3 is 0 Å². The third kappa shape index (κ3) is 2.79. The Morgan fingerprint density at radius 2 is 1.96 bits per heavy atom. The number of carbonyl (C=O) groups is 1. The molecule has 2 aliphatic rings. The molecule has 2 aromatic carbocycles. The van der Waals surface area contributed by atoms with Crippen molar-refractivity contribution in [2.45, 2.75) is 18.9 Å². The van der Waals surface area contributed by atoms with E-state index in [1.807, 2.05) is 41.3 Å². The maximum absolute atomic E-state index is 12.4. The first-order valence-corrected chi connectivity index (χ1v) is 8.35. The predicted molar refractivity (Wildman–Crippen MR) is 90.2 cm³/mol. The van der Waals surface area contributed by atoms with Gasteiger partial charge in [0.1, 0.15) is 5.75 Å². The largest absolute Gasteiger partial charge is 0.484 e. The monoisotopic (exact) mass is 310 g/mol. The second kappa shape index (κ2) is 5.85. The molecule has 0 spiro atoms. The Balaban J connectivity index is 1.37. The van der Waals surface area contributed by atoms with Crippen LogP contribution in [0.15, 0.2) is 42.5 Å². The molecule has 2 N–H and O–H groups in total. The normalized spacial score (nSPS) is 26.5. The second-order valence-corrected chi connectivity index (χ2v) is 6.76. The molecule has 4 nitrogen and oxygen atoms in total. The summed E-state index contributed by atoms with van der Waals surface area (Å²) in [5.74, 6) is 1.89. The smallest absolute Gasteiger partial charge is 0.260 e. The Morgan fingerprint density at radius 3 is 2.78 bits per heavy atom. The topological polar surface area (TPSA) is 55.6 Å². The number of nitrogens with two attached hydrogens (primary N) is 1. The number of amides is 1. The van der Waals surface area contributed by atoms with Crippen LogP contribution in [0.1, 0.15) is 12.8 Å². The number of benzene rings is 2. The lowest BCUT2D eigenvalue weighted by Crippen LogP contribution is -2.36. The Morgan fingerprint density at radius 1 is 1.13 bits per heavy atom. The fraction of sp³-hybridized carbons (Fsp3) is 0.421. The van der Waals surface area contributed by atoms with E-state index in [1.54, 1.807) is 0 Å². The van der Waals surface area contributed by atoms with Crippen molar-refractivity contribution in [2.24, 2.45) is 17.6 Å². The van der Waals surface area contributed by atoms with Gasteiger partial charge in [0.25, 0.3) is 5.91 Å². The highest BCUT2D eigenvalue weighted by atomic mass is 16.5. The van der Waals surface area contributed by atoms with Crippen LogP contribution in [0.5, 0.6) is 5.75 Å². The summed E-state index contributed by atoms with van der Waals surface area (Å²) >= 11 is 0. The van der Waals surface area contributed by atoms with E-state index in [-0.39, 0.29) is 18.6 Å². The molecule has 0 bridgehead atoms. The van der Waals surface area contributed by atoms with Crippen LogP contribution < -0.4 is 10.5 Å². The molecule has 4 rings (SSSR count). The van der Waals surface area contributed by atoms with Gasteiger partial charge in [-0.25, -0.2) is 0 Å². The quantitative estimate of drug-likeness (QED) is 0.947. The van der Waals surface area contributed by atoms with E-state index in [4.69, 9.17) is 10.5 Å². The lowest BCUT2D eigenvalue weighted by atomic mass is 9.98. The van der Waals surface area contributed by atoms with Crippen LogP contribution in [-0.4, -0.2) is 36.5 Å². The first-order chi connectivity index (χ1) is 11.2. The summed E-state index contributed by atoms with van der Waals surface area (Å²) < 4.78 is 5.71. The zero-order valence-electron chi connectivity index (χ0n) is 13.2. The summed E-state index contributed by atoms with van der Waals surface area (Å²) in [5, 5.41) is 2.30. The molecule has 1 heterocycles. The van der Waals surface area contributed by atoms with Crippen LogP contribution in [0.3, 0.4) is 0 Å². The number of hydrogen-bond acceptors (Lipinski definition) is 3. The first kappa shape index (κ1) is 14.5. The molecule has 0 radical (unpaired) electrons. The van der Waals surface area contributed by atoms with Crippen LogP contribution in [0.4, 0.5) is 0 Å². The maximum atomic E-state index is 12.4. The van der Waals surface area contributed by atoms with E-state index in [1.165, 1.54) is 5.39 Å². The lowest BCUT2D eigenvalue weighted by molar-refractivity contribution is -0.132. The average Bonchev–Trinajstić information content (AvgIpc) is 3.15. The highest BCUT2D eigenvalue weighted by molar-refractivity contribution is 5.84. The average molecular weight is 310 g/mol. The first-order valence-electron chi connectivity index (χ1n) is 8.35. The molecule has 1 amide bonds. The van der Waals surface area contributed by atoms with Gasteiger partial charge in [0, 0.05) is 19.1 Å². The fourth-order valence-corrected chi connectivity index (χ4v) is 4.00. The summed E-state index contributed by atoms with van der Waals surface area (Å²) in [6, 6.07) is 14.3. The van der Waals surface area contributed by atoms with Crippen LogP contribution in [0.25, 0.3) is 10.8 Å². The highest BCUT2D eigenvalue weighted by Crippen LogP contribution is 2.37. The van der Waals surface area contributed by atoms with Crippen LogP contribution in [0.2, 0.25) is 0 Å². The predicted octanol–water partition coefficient (Wildman–Crippen LogP) is 2.41. The van der Waals surface area contributed by atoms with Gasteiger partial charge in [-0.1, -0.05) is 30.3 Å². The molecule has 1 aliphatic heterocycles. The van der Waals surface area contributed by atoms with Gasteiger partial charge in [-0.2, -0.15) is 0 Å². The number of hydrogen-bond donors (Lipinski definition) is 1. The SMILES string of the molecule is NC1CCC2CN(C(=O)COc3ccc4ccccc4c3)CC12. The Labute approximate surface area is 136 Å². The number of fused-ring (bicyclic) bond motifs is 2. The van der Waals surface area contributed by atoms with Crippen molar-refractivity contribution in [1.29, 1.82) is 0 Å². The van der Waals surface area contributed by atoms with Crippen molar-refractivity contribution in [3.63, 3.8) is 0 Å². The van der Waals surface area contributed by atoms with Gasteiger partial charge < -0.3 is 15.4 Å². The van der Waals surface area contributed by atoms with Crippen molar-refractivity contribution in [2.75, 3.05) is 19.7 Å². The van der Waals surface area contributed by atoms with Gasteiger partial charge in [0.2, 0.25) is 0 Å². The molecule has 0 aromatic heterocycles. The van der Waals surface area contributed by atoms with Gasteiger partial charge in [0.05, 0.1) is 0 Å². The molecule has 1 saturated heterocycles. The molecular formula is C19H22N2O2. The Kier molecular flexibility index (Phi) is 3.69. The second-order valence-electron chi connectivity index (χ2n) is 6.76. The Hall–Kier alpha value is -2.07. The lowest BCUT2D eigenvalue weighted by Gasteiger charge is -2.19. The molecule has 3 unspecified atom stereocenters. The zero-order chi connectivity index (χ0) is 15.8. The molecular weight excluding hydrogens is 288 g/mol. The minimum Gasteiger partial charge on any atom is -0.484 e. The van der Waals surface area contributed by atoms with Crippen molar-refractivity contribution in [3.8, 4) is 5.75 Å². The van der Waals surface area contributed by atoms with Gasteiger partial charge in [-0.15, -0.1) is 0 Å². The molecule has 2 aromatic rings. The van der Waals surface area contributed by atoms with E-state index in [0.717, 1.165) is 37.1 Å². The van der Waals surface area contributed by atoms with Crippen molar-refractivity contribution < 1.29 is 9.53 Å². The Bertz CT molecular complexity index is 730. The third-order valence-corrected chi connectivity index (χ3v) is 5.35. The molecule has 2 fully saturated rings. The number of nitrogens with zero attached hydrogens (tertiary/aromatic N) is 1. The van der Waals surface area contributed by atoms with Crippen molar-refractivity contribution in [3.05, 3.63) is 42.5 Å².